The van der Waals surface area contributed by atoms with Crippen LogP contribution in [0.3, 0.4) is 0 Å². The van der Waals surface area contributed by atoms with E-state index in [1.807, 2.05) is 41.0 Å². The predicted molar refractivity (Wildman–Crippen MR) is 101 cm³/mol. The number of carbonyl (C=O) groups is 2. The lowest BCUT2D eigenvalue weighted by Gasteiger charge is -2.30. The number of esters is 1. The van der Waals surface area contributed by atoms with Crippen LogP contribution < -0.4 is 0 Å². The topological polar surface area (TPSA) is 77.3 Å². The molecule has 1 saturated heterocycles. The van der Waals surface area contributed by atoms with Crippen LogP contribution >= 0.6 is 23.1 Å². The third kappa shape index (κ3) is 4.27. The molecular weight excluding hydrogens is 372 g/mol. The van der Waals surface area contributed by atoms with Gasteiger partial charge < -0.3 is 14.2 Å². The van der Waals surface area contributed by atoms with Gasteiger partial charge in [0.1, 0.15) is 0 Å². The van der Waals surface area contributed by atoms with Crippen molar-refractivity contribution >= 4 is 35.0 Å². The molecule has 0 aliphatic carbocycles. The summed E-state index contributed by atoms with van der Waals surface area (Å²) in [5, 5.41) is 11.1. The molecule has 0 bridgehead atoms. The number of likely N-dealkylation sites (tertiary alicyclic amines) is 1. The van der Waals surface area contributed by atoms with Crippen LogP contribution in [-0.4, -0.2) is 57.0 Å². The first-order valence-corrected chi connectivity index (χ1v) is 10.5. The zero-order chi connectivity index (χ0) is 18.5. The Balaban J connectivity index is 1.50. The number of hydrogen-bond acceptors (Lipinski definition) is 7. The molecule has 1 amide bonds. The van der Waals surface area contributed by atoms with Gasteiger partial charge in [0.25, 0.3) is 0 Å². The van der Waals surface area contributed by atoms with E-state index in [-0.39, 0.29) is 17.8 Å². The molecule has 26 heavy (non-hydrogen) atoms. The lowest BCUT2D eigenvalue weighted by Crippen LogP contribution is -2.41. The van der Waals surface area contributed by atoms with E-state index in [1.54, 1.807) is 11.3 Å². The van der Waals surface area contributed by atoms with Gasteiger partial charge in [-0.2, -0.15) is 0 Å². The Labute approximate surface area is 160 Å². The molecule has 1 aliphatic heterocycles. The molecule has 9 heteroatoms. The van der Waals surface area contributed by atoms with Crippen LogP contribution in [0.15, 0.2) is 22.7 Å². The average molecular weight is 395 g/mol. The van der Waals surface area contributed by atoms with Crippen molar-refractivity contribution in [2.45, 2.75) is 24.9 Å². The number of aromatic nitrogens is 3. The van der Waals surface area contributed by atoms with Crippen LogP contribution in [0.5, 0.6) is 0 Å². The minimum absolute atomic E-state index is 0.0676. The molecule has 2 aromatic rings. The lowest BCUT2D eigenvalue weighted by molar-refractivity contribution is -0.151. The zero-order valence-electron chi connectivity index (χ0n) is 14.9. The van der Waals surface area contributed by atoms with Gasteiger partial charge in [-0.1, -0.05) is 17.8 Å². The van der Waals surface area contributed by atoms with Gasteiger partial charge in [-0.3, -0.25) is 9.59 Å². The molecule has 0 radical (unpaired) electrons. The fourth-order valence-electron chi connectivity index (χ4n) is 2.90. The van der Waals surface area contributed by atoms with Crippen LogP contribution in [0.4, 0.5) is 0 Å². The lowest BCUT2D eigenvalue weighted by atomic mass is 9.97. The fourth-order valence-corrected chi connectivity index (χ4v) is 4.46. The summed E-state index contributed by atoms with van der Waals surface area (Å²) in [4.78, 5) is 27.1. The predicted octanol–water partition coefficient (Wildman–Crippen LogP) is 2.44. The highest BCUT2D eigenvalue weighted by atomic mass is 32.2. The molecule has 3 heterocycles. The van der Waals surface area contributed by atoms with Gasteiger partial charge in [0, 0.05) is 20.1 Å². The van der Waals surface area contributed by atoms with Gasteiger partial charge in [-0.15, -0.1) is 21.5 Å². The summed E-state index contributed by atoms with van der Waals surface area (Å²) in [6, 6.07) is 3.98. The van der Waals surface area contributed by atoms with E-state index in [9.17, 15) is 9.59 Å². The minimum atomic E-state index is -0.144. The largest absolute Gasteiger partial charge is 0.466 e. The highest BCUT2D eigenvalue weighted by Crippen LogP contribution is 2.26. The molecule has 1 fully saturated rings. The number of thioether (sulfide) groups is 1. The standard InChI is InChI=1S/C17H22N4O3S2/c1-3-24-16(23)12-6-8-21(9-7-12)14(22)11-26-17-19-18-15(20(17)2)13-5-4-10-25-13/h4-5,10,12H,3,6-9,11H2,1-2H3. The Morgan fingerprint density at radius 3 is 2.77 bits per heavy atom. The van der Waals surface area contributed by atoms with Gasteiger partial charge >= 0.3 is 5.97 Å². The third-order valence-electron chi connectivity index (χ3n) is 4.37. The van der Waals surface area contributed by atoms with E-state index < -0.39 is 0 Å². The third-order valence-corrected chi connectivity index (χ3v) is 6.24. The Hall–Kier alpha value is -1.87. The van der Waals surface area contributed by atoms with E-state index >= 15 is 0 Å². The number of nitrogens with zero attached hydrogens (tertiary/aromatic N) is 4. The van der Waals surface area contributed by atoms with Crippen molar-refractivity contribution in [3.05, 3.63) is 17.5 Å². The Bertz CT molecular complexity index is 752. The van der Waals surface area contributed by atoms with Crippen LogP contribution in [0.2, 0.25) is 0 Å². The molecule has 1 aliphatic rings. The van der Waals surface area contributed by atoms with Gasteiger partial charge in [0.05, 0.1) is 23.2 Å². The second kappa shape index (κ2) is 8.68. The van der Waals surface area contributed by atoms with Crippen LogP contribution in [0, 0.1) is 5.92 Å². The Morgan fingerprint density at radius 2 is 2.12 bits per heavy atom. The maximum absolute atomic E-state index is 12.5. The first-order valence-electron chi connectivity index (χ1n) is 8.60. The van der Waals surface area contributed by atoms with E-state index in [0.29, 0.717) is 38.3 Å². The van der Waals surface area contributed by atoms with Crippen molar-refractivity contribution in [1.29, 1.82) is 0 Å². The smallest absolute Gasteiger partial charge is 0.309 e. The number of thiophene rings is 1. The van der Waals surface area contributed by atoms with Gasteiger partial charge in [-0.05, 0) is 31.2 Å². The zero-order valence-corrected chi connectivity index (χ0v) is 16.5. The maximum Gasteiger partial charge on any atom is 0.309 e. The average Bonchev–Trinajstić information content (AvgIpc) is 3.30. The monoisotopic (exact) mass is 394 g/mol. The quantitative estimate of drug-likeness (QED) is 0.553. The van der Waals surface area contributed by atoms with Crippen molar-refractivity contribution in [3.63, 3.8) is 0 Å². The van der Waals surface area contributed by atoms with E-state index in [2.05, 4.69) is 10.2 Å². The second-order valence-corrected chi connectivity index (χ2v) is 7.93. The number of amides is 1. The van der Waals surface area contributed by atoms with Gasteiger partial charge in [0.15, 0.2) is 11.0 Å². The summed E-state index contributed by atoms with van der Waals surface area (Å²) in [6.07, 6.45) is 1.34. The summed E-state index contributed by atoms with van der Waals surface area (Å²) in [5.74, 6) is 0.969. The summed E-state index contributed by atoms with van der Waals surface area (Å²) >= 11 is 3.00. The molecule has 140 valence electrons. The first kappa shape index (κ1) is 18.9. The number of carbonyl (C=O) groups excluding carboxylic acids is 2. The van der Waals surface area contributed by atoms with Crippen molar-refractivity contribution in [2.24, 2.45) is 13.0 Å². The SMILES string of the molecule is CCOC(=O)C1CCN(C(=O)CSc2nnc(-c3cccs3)n2C)CC1. The molecule has 3 rings (SSSR count). The molecule has 0 atom stereocenters. The second-order valence-electron chi connectivity index (χ2n) is 6.04. The van der Waals surface area contributed by atoms with E-state index in [0.717, 1.165) is 15.9 Å². The first-order chi connectivity index (χ1) is 12.6. The Kier molecular flexibility index (Phi) is 6.31. The molecule has 0 saturated carbocycles. The van der Waals surface area contributed by atoms with Crippen LogP contribution in [0.25, 0.3) is 10.7 Å². The van der Waals surface area contributed by atoms with Gasteiger partial charge in [0.2, 0.25) is 5.91 Å². The normalized spacial score (nSPS) is 15.2. The number of piperidine rings is 1. The minimum Gasteiger partial charge on any atom is -0.466 e. The molecule has 2 aromatic heterocycles. The molecular formula is C17H22N4O3S2. The molecule has 0 N–H and O–H groups in total. The molecule has 7 nitrogen and oxygen atoms in total. The summed E-state index contributed by atoms with van der Waals surface area (Å²) in [7, 11) is 1.91. The number of ether oxygens (including phenoxy) is 1. The number of hydrogen-bond donors (Lipinski definition) is 0. The summed E-state index contributed by atoms with van der Waals surface area (Å²) in [6.45, 7) is 3.41. The van der Waals surface area contributed by atoms with Crippen LogP contribution in [0.1, 0.15) is 19.8 Å². The molecule has 0 spiro atoms. The van der Waals surface area contributed by atoms with Gasteiger partial charge in [-0.25, -0.2) is 0 Å². The molecule has 0 aromatic carbocycles. The number of rotatable bonds is 6. The van der Waals surface area contributed by atoms with Crippen LogP contribution in [-0.2, 0) is 21.4 Å². The van der Waals surface area contributed by atoms with E-state index in [4.69, 9.17) is 4.74 Å². The molecule has 0 unspecified atom stereocenters. The maximum atomic E-state index is 12.5. The highest BCUT2D eigenvalue weighted by molar-refractivity contribution is 7.99. The van der Waals surface area contributed by atoms with Crippen molar-refractivity contribution in [1.82, 2.24) is 19.7 Å². The van der Waals surface area contributed by atoms with E-state index in [1.165, 1.54) is 11.8 Å². The van der Waals surface area contributed by atoms with Crippen molar-refractivity contribution in [2.75, 3.05) is 25.4 Å². The Morgan fingerprint density at radius 1 is 1.35 bits per heavy atom. The summed E-state index contributed by atoms with van der Waals surface area (Å²) in [5.41, 5.74) is 0. The highest BCUT2D eigenvalue weighted by Gasteiger charge is 2.28. The van der Waals surface area contributed by atoms with Crippen molar-refractivity contribution in [3.8, 4) is 10.7 Å². The van der Waals surface area contributed by atoms with Crippen molar-refractivity contribution < 1.29 is 14.3 Å². The summed E-state index contributed by atoms with van der Waals surface area (Å²) < 4.78 is 6.98. The fraction of sp³-hybridized carbons (Fsp3) is 0.529.